The predicted octanol–water partition coefficient (Wildman–Crippen LogP) is 4.00. The summed E-state index contributed by atoms with van der Waals surface area (Å²) in [5.74, 6) is 0.0941. The molecule has 0 aliphatic carbocycles. The Bertz CT molecular complexity index is 1050. The largest absolute Gasteiger partial charge is 0.364 e. The Morgan fingerprint density at radius 2 is 2.04 bits per heavy atom. The van der Waals surface area contributed by atoms with E-state index in [-0.39, 0.29) is 12.2 Å². The van der Waals surface area contributed by atoms with Crippen LogP contribution in [0.4, 0.5) is 0 Å². The number of hydrogen-bond acceptors (Lipinski definition) is 4. The fourth-order valence-electron chi connectivity index (χ4n) is 3.00. The van der Waals surface area contributed by atoms with E-state index in [1.54, 1.807) is 0 Å². The van der Waals surface area contributed by atoms with Gasteiger partial charge in [-0.25, -0.2) is 4.98 Å². The van der Waals surface area contributed by atoms with E-state index in [0.717, 1.165) is 21.8 Å². The molecule has 8 heteroatoms. The fraction of sp³-hybridized carbons (Fsp3) is 0.118. The molecule has 3 heterocycles. The Balaban J connectivity index is 2.02. The third-order valence-electron chi connectivity index (χ3n) is 4.03. The maximum atomic E-state index is 11.8. The molecular formula is C17H12Cl2N4OS. The molecule has 5 nitrogen and oxygen atoms in total. The first-order valence-corrected chi connectivity index (χ1v) is 9.02. The van der Waals surface area contributed by atoms with Gasteiger partial charge in [-0.05, 0) is 19.1 Å². The van der Waals surface area contributed by atoms with E-state index < -0.39 is 5.91 Å². The number of aryl methyl sites for hydroxylation is 1. The lowest BCUT2D eigenvalue weighted by molar-refractivity contribution is 0.0995. The lowest BCUT2D eigenvalue weighted by Gasteiger charge is -2.09. The number of hydrogen-bond donors (Lipinski definition) is 1. The number of primary amides is 1. The van der Waals surface area contributed by atoms with Crippen molar-refractivity contribution in [3.63, 3.8) is 0 Å². The minimum absolute atomic E-state index is 0.233. The second-order valence-electron chi connectivity index (χ2n) is 5.57. The maximum absolute atomic E-state index is 11.8. The van der Waals surface area contributed by atoms with Crippen molar-refractivity contribution >= 4 is 46.2 Å². The summed E-state index contributed by atoms with van der Waals surface area (Å²) in [5.41, 5.74) is 8.80. The van der Waals surface area contributed by atoms with Crippen molar-refractivity contribution < 1.29 is 4.79 Å². The molecule has 0 saturated carbocycles. The van der Waals surface area contributed by atoms with Crippen LogP contribution in [0, 0.1) is 6.92 Å². The van der Waals surface area contributed by atoms with E-state index in [9.17, 15) is 4.79 Å². The molecule has 0 unspecified atom stereocenters. The highest BCUT2D eigenvalue weighted by molar-refractivity contribution is 7.19. The average molecular weight is 391 g/mol. The average Bonchev–Trinajstić information content (AvgIpc) is 3.05. The standard InChI is InChI=1S/C17H12Cl2N4OS/c1-8-22-15(16(20)24)12-7-21-14(9-4-2-3-5-11(9)18)10-6-13(19)25-17(10)23(8)12/h2-6H,7H2,1H3,(H2,20,24). The molecule has 3 aromatic rings. The van der Waals surface area contributed by atoms with Gasteiger partial charge < -0.3 is 5.73 Å². The Labute approximate surface area is 157 Å². The first kappa shape index (κ1) is 16.3. The van der Waals surface area contributed by atoms with E-state index in [4.69, 9.17) is 33.9 Å². The third kappa shape index (κ3) is 2.57. The van der Waals surface area contributed by atoms with Gasteiger partial charge in [0.05, 0.1) is 22.3 Å². The predicted molar refractivity (Wildman–Crippen MR) is 101 cm³/mol. The first-order valence-electron chi connectivity index (χ1n) is 7.45. The molecule has 0 saturated heterocycles. The highest BCUT2D eigenvalue weighted by Gasteiger charge is 2.28. The van der Waals surface area contributed by atoms with Gasteiger partial charge in [-0.2, -0.15) is 0 Å². The molecule has 2 N–H and O–H groups in total. The highest BCUT2D eigenvalue weighted by Crippen LogP contribution is 2.37. The van der Waals surface area contributed by atoms with Gasteiger partial charge in [0.2, 0.25) is 0 Å². The minimum atomic E-state index is -0.572. The van der Waals surface area contributed by atoms with Gasteiger partial charge in [0.1, 0.15) is 10.8 Å². The summed E-state index contributed by atoms with van der Waals surface area (Å²) >= 11 is 14.1. The van der Waals surface area contributed by atoms with Crippen LogP contribution in [0.3, 0.4) is 0 Å². The summed E-state index contributed by atoms with van der Waals surface area (Å²) in [4.78, 5) is 20.8. The number of fused-ring (bicyclic) bond motifs is 3. The minimum Gasteiger partial charge on any atom is -0.364 e. The van der Waals surface area contributed by atoms with Crippen molar-refractivity contribution in [2.24, 2.45) is 10.7 Å². The number of nitrogens with zero attached hydrogens (tertiary/aromatic N) is 3. The van der Waals surface area contributed by atoms with Crippen LogP contribution in [0.1, 0.15) is 33.1 Å². The SMILES string of the molecule is Cc1nc(C(N)=O)c2n1-c1sc(Cl)cc1C(c1ccccc1Cl)=NC2. The van der Waals surface area contributed by atoms with Crippen molar-refractivity contribution in [3.8, 4) is 5.00 Å². The van der Waals surface area contributed by atoms with Crippen molar-refractivity contribution in [1.82, 2.24) is 9.55 Å². The Hall–Kier alpha value is -2.15. The molecule has 25 heavy (non-hydrogen) atoms. The Morgan fingerprint density at radius 1 is 1.28 bits per heavy atom. The Morgan fingerprint density at radius 3 is 2.76 bits per heavy atom. The molecule has 0 atom stereocenters. The van der Waals surface area contributed by atoms with Gasteiger partial charge in [-0.15, -0.1) is 11.3 Å². The molecular weight excluding hydrogens is 379 g/mol. The normalized spacial score (nSPS) is 13.0. The summed E-state index contributed by atoms with van der Waals surface area (Å²) < 4.78 is 2.52. The number of rotatable bonds is 2. The monoisotopic (exact) mass is 390 g/mol. The molecule has 0 bridgehead atoms. The van der Waals surface area contributed by atoms with Crippen LogP contribution in [0.25, 0.3) is 5.00 Å². The number of carbonyl (C=O) groups is 1. The zero-order chi connectivity index (χ0) is 17.7. The van der Waals surface area contributed by atoms with Crippen molar-refractivity contribution in [3.05, 3.63) is 68.0 Å². The molecule has 0 radical (unpaired) electrons. The molecule has 0 spiro atoms. The van der Waals surface area contributed by atoms with E-state index in [0.29, 0.717) is 20.9 Å². The number of amides is 1. The quantitative estimate of drug-likeness (QED) is 0.717. The summed E-state index contributed by atoms with van der Waals surface area (Å²) in [6.07, 6.45) is 0. The van der Waals surface area contributed by atoms with E-state index in [2.05, 4.69) is 4.98 Å². The second-order valence-corrected chi connectivity index (χ2v) is 7.64. The molecule has 2 aromatic heterocycles. The van der Waals surface area contributed by atoms with Crippen molar-refractivity contribution in [2.75, 3.05) is 0 Å². The van der Waals surface area contributed by atoms with E-state index >= 15 is 0 Å². The smallest absolute Gasteiger partial charge is 0.269 e. The number of benzene rings is 1. The molecule has 1 aromatic carbocycles. The molecule has 126 valence electrons. The molecule has 1 amide bonds. The number of thiophene rings is 1. The van der Waals surface area contributed by atoms with Crippen LogP contribution < -0.4 is 5.73 Å². The molecule has 4 rings (SSSR count). The number of imidazole rings is 1. The topological polar surface area (TPSA) is 73.3 Å². The lowest BCUT2D eigenvalue weighted by Crippen LogP contribution is -2.14. The maximum Gasteiger partial charge on any atom is 0.269 e. The zero-order valence-electron chi connectivity index (χ0n) is 13.1. The van der Waals surface area contributed by atoms with Gasteiger partial charge in [0, 0.05) is 16.1 Å². The summed E-state index contributed by atoms with van der Waals surface area (Å²) in [5, 5.41) is 1.46. The van der Waals surface area contributed by atoms with Gasteiger partial charge in [-0.3, -0.25) is 14.4 Å². The first-order chi connectivity index (χ1) is 12.0. The van der Waals surface area contributed by atoms with Crippen LogP contribution in [0.2, 0.25) is 9.36 Å². The molecule has 1 aliphatic rings. The van der Waals surface area contributed by atoms with Gasteiger partial charge in [-0.1, -0.05) is 41.4 Å². The molecule has 1 aliphatic heterocycles. The van der Waals surface area contributed by atoms with E-state index in [1.807, 2.05) is 41.8 Å². The second kappa shape index (κ2) is 5.98. The number of carbonyl (C=O) groups excluding carboxylic acids is 1. The number of aromatic nitrogens is 2. The highest BCUT2D eigenvalue weighted by atomic mass is 35.5. The zero-order valence-corrected chi connectivity index (χ0v) is 15.4. The molecule has 0 fully saturated rings. The fourth-order valence-corrected chi connectivity index (χ4v) is 4.51. The van der Waals surface area contributed by atoms with Crippen LogP contribution >= 0.6 is 34.5 Å². The summed E-state index contributed by atoms with van der Waals surface area (Å²) in [6.45, 7) is 2.10. The lowest BCUT2D eigenvalue weighted by atomic mass is 10.0. The number of aliphatic imine (C=N–C) groups is 1. The van der Waals surface area contributed by atoms with Gasteiger partial charge in [0.25, 0.3) is 5.91 Å². The number of nitrogens with two attached hydrogens (primary N) is 1. The number of halogens is 2. The van der Waals surface area contributed by atoms with Crippen LogP contribution in [0.15, 0.2) is 35.3 Å². The van der Waals surface area contributed by atoms with Crippen LogP contribution in [-0.2, 0) is 6.54 Å². The van der Waals surface area contributed by atoms with Crippen LogP contribution in [0.5, 0.6) is 0 Å². The summed E-state index contributed by atoms with van der Waals surface area (Å²) in [6, 6.07) is 9.37. The van der Waals surface area contributed by atoms with Crippen molar-refractivity contribution in [1.29, 1.82) is 0 Å². The van der Waals surface area contributed by atoms with Crippen molar-refractivity contribution in [2.45, 2.75) is 13.5 Å². The van der Waals surface area contributed by atoms with E-state index in [1.165, 1.54) is 11.3 Å². The third-order valence-corrected chi connectivity index (χ3v) is 5.61. The van der Waals surface area contributed by atoms with Gasteiger partial charge >= 0.3 is 0 Å². The Kier molecular flexibility index (Phi) is 3.91. The summed E-state index contributed by atoms with van der Waals surface area (Å²) in [7, 11) is 0. The van der Waals surface area contributed by atoms with Gasteiger partial charge in [0.15, 0.2) is 5.69 Å². The van der Waals surface area contributed by atoms with Crippen LogP contribution in [-0.4, -0.2) is 21.2 Å².